The fraction of sp³-hybridized carbons (Fsp3) is 0.455. The Kier molecular flexibility index (Phi) is 4.73. The Labute approximate surface area is 104 Å². The van der Waals surface area contributed by atoms with Crippen LogP contribution < -0.4 is 11.1 Å². The van der Waals surface area contributed by atoms with E-state index in [-0.39, 0.29) is 6.54 Å². The highest BCUT2D eigenvalue weighted by Crippen LogP contribution is 2.10. The van der Waals surface area contributed by atoms with Crippen molar-refractivity contribution in [3.63, 3.8) is 0 Å². The lowest BCUT2D eigenvalue weighted by atomic mass is 10.1. The van der Waals surface area contributed by atoms with Crippen LogP contribution in [0.1, 0.15) is 24.2 Å². The standard InChI is InChI=1S/C11H16N4O3/c1-6-3-9(15-13-5-6)7(2)14-10(16)8(4-12)11(17)18/h3,5,7-8H,4,12H2,1-2H3,(H,14,16)(H,17,18). The molecule has 1 amide bonds. The van der Waals surface area contributed by atoms with Crippen LogP contribution in [0.15, 0.2) is 12.3 Å². The zero-order valence-corrected chi connectivity index (χ0v) is 10.3. The van der Waals surface area contributed by atoms with Crippen LogP contribution in [0.3, 0.4) is 0 Å². The van der Waals surface area contributed by atoms with Gasteiger partial charge >= 0.3 is 5.97 Å². The third-order valence-corrected chi connectivity index (χ3v) is 2.46. The molecule has 1 aromatic heterocycles. The molecule has 0 radical (unpaired) electrons. The van der Waals surface area contributed by atoms with Crippen molar-refractivity contribution in [1.29, 1.82) is 0 Å². The first-order valence-electron chi connectivity index (χ1n) is 5.48. The third-order valence-electron chi connectivity index (χ3n) is 2.46. The molecule has 0 aromatic carbocycles. The number of aryl methyl sites for hydroxylation is 1. The van der Waals surface area contributed by atoms with Gasteiger partial charge in [0, 0.05) is 6.54 Å². The minimum absolute atomic E-state index is 0.243. The van der Waals surface area contributed by atoms with Crippen molar-refractivity contribution in [3.05, 3.63) is 23.5 Å². The second-order valence-corrected chi connectivity index (χ2v) is 4.01. The number of amides is 1. The number of carboxylic acid groups (broad SMARTS) is 1. The lowest BCUT2D eigenvalue weighted by molar-refractivity contribution is -0.146. The van der Waals surface area contributed by atoms with Crippen LogP contribution in [0.25, 0.3) is 0 Å². The van der Waals surface area contributed by atoms with Crippen molar-refractivity contribution in [2.24, 2.45) is 11.7 Å². The van der Waals surface area contributed by atoms with Crippen LogP contribution in [-0.4, -0.2) is 33.7 Å². The van der Waals surface area contributed by atoms with E-state index in [0.29, 0.717) is 5.69 Å². The van der Waals surface area contributed by atoms with E-state index in [9.17, 15) is 9.59 Å². The number of carboxylic acids is 1. The lowest BCUT2D eigenvalue weighted by Gasteiger charge is -2.16. The highest BCUT2D eigenvalue weighted by atomic mass is 16.4. The summed E-state index contributed by atoms with van der Waals surface area (Å²) in [7, 11) is 0. The molecule has 0 spiro atoms. The van der Waals surface area contributed by atoms with Crippen LogP contribution in [0.2, 0.25) is 0 Å². The van der Waals surface area contributed by atoms with E-state index >= 15 is 0 Å². The summed E-state index contributed by atoms with van der Waals surface area (Å²) in [6.07, 6.45) is 1.60. The van der Waals surface area contributed by atoms with Gasteiger partial charge in [0.1, 0.15) is 5.92 Å². The van der Waals surface area contributed by atoms with Crippen molar-refractivity contribution in [3.8, 4) is 0 Å². The van der Waals surface area contributed by atoms with E-state index in [1.54, 1.807) is 19.2 Å². The van der Waals surface area contributed by atoms with Gasteiger partial charge in [0.2, 0.25) is 5.91 Å². The summed E-state index contributed by atoms with van der Waals surface area (Å²) in [5, 5.41) is 19.0. The molecule has 4 N–H and O–H groups in total. The molecule has 2 atom stereocenters. The Bertz CT molecular complexity index is 450. The highest BCUT2D eigenvalue weighted by molar-refractivity contribution is 5.97. The summed E-state index contributed by atoms with van der Waals surface area (Å²) in [5.74, 6) is -3.11. The summed E-state index contributed by atoms with van der Waals surface area (Å²) in [6, 6.07) is 1.36. The molecule has 0 aliphatic carbocycles. The van der Waals surface area contributed by atoms with Crippen molar-refractivity contribution in [2.45, 2.75) is 19.9 Å². The largest absolute Gasteiger partial charge is 0.481 e. The molecule has 0 bridgehead atoms. The minimum atomic E-state index is -1.25. The highest BCUT2D eigenvalue weighted by Gasteiger charge is 2.26. The summed E-state index contributed by atoms with van der Waals surface area (Å²) in [5.41, 5.74) is 6.73. The van der Waals surface area contributed by atoms with E-state index in [4.69, 9.17) is 10.8 Å². The average Bonchev–Trinajstić information content (AvgIpc) is 2.29. The SMILES string of the molecule is Cc1cnnc(C(C)NC(=O)C(CN)C(=O)O)c1. The van der Waals surface area contributed by atoms with Gasteiger partial charge < -0.3 is 16.2 Å². The van der Waals surface area contributed by atoms with Gasteiger partial charge in [0.05, 0.1) is 17.9 Å². The lowest BCUT2D eigenvalue weighted by Crippen LogP contribution is -2.40. The molecule has 0 saturated heterocycles. The molecule has 7 heteroatoms. The maximum absolute atomic E-state index is 11.7. The topological polar surface area (TPSA) is 118 Å². The zero-order chi connectivity index (χ0) is 13.7. The predicted octanol–water partition coefficient (Wildman–Crippen LogP) is -0.378. The number of aliphatic carboxylic acids is 1. The number of nitrogens with one attached hydrogen (secondary N) is 1. The van der Waals surface area contributed by atoms with Crippen molar-refractivity contribution in [2.75, 3.05) is 6.54 Å². The summed E-state index contributed by atoms with van der Waals surface area (Å²) < 4.78 is 0. The quantitative estimate of drug-likeness (QED) is 0.615. The van der Waals surface area contributed by atoms with Crippen LogP contribution >= 0.6 is 0 Å². The smallest absolute Gasteiger partial charge is 0.317 e. The Morgan fingerprint density at radius 3 is 2.72 bits per heavy atom. The van der Waals surface area contributed by atoms with Crippen LogP contribution in [0, 0.1) is 12.8 Å². The monoisotopic (exact) mass is 252 g/mol. The zero-order valence-electron chi connectivity index (χ0n) is 10.3. The normalized spacial score (nSPS) is 13.7. The van der Waals surface area contributed by atoms with Gasteiger partial charge in [-0.15, -0.1) is 0 Å². The van der Waals surface area contributed by atoms with Crippen molar-refractivity contribution < 1.29 is 14.7 Å². The van der Waals surface area contributed by atoms with Gasteiger partial charge in [0.15, 0.2) is 0 Å². The molecule has 1 rings (SSSR count). The molecule has 7 nitrogen and oxygen atoms in total. The summed E-state index contributed by atoms with van der Waals surface area (Å²) in [6.45, 7) is 3.32. The molecule has 18 heavy (non-hydrogen) atoms. The number of hydrogen-bond donors (Lipinski definition) is 3. The maximum Gasteiger partial charge on any atom is 0.317 e. The number of rotatable bonds is 5. The first-order valence-corrected chi connectivity index (χ1v) is 5.48. The molecule has 0 aliphatic heterocycles. The van der Waals surface area contributed by atoms with Crippen LogP contribution in [0.5, 0.6) is 0 Å². The predicted molar refractivity (Wildman–Crippen MR) is 63.5 cm³/mol. The summed E-state index contributed by atoms with van der Waals surface area (Å²) >= 11 is 0. The Morgan fingerprint density at radius 1 is 1.56 bits per heavy atom. The van der Waals surface area contributed by atoms with Gasteiger partial charge in [-0.25, -0.2) is 0 Å². The maximum atomic E-state index is 11.7. The molecule has 0 fully saturated rings. The number of nitrogens with two attached hydrogens (primary N) is 1. The Balaban J connectivity index is 2.73. The van der Waals surface area contributed by atoms with E-state index in [0.717, 1.165) is 5.56 Å². The number of aromatic nitrogens is 2. The molecule has 1 heterocycles. The van der Waals surface area contributed by atoms with Crippen molar-refractivity contribution in [1.82, 2.24) is 15.5 Å². The number of carbonyl (C=O) groups is 2. The Hall–Kier alpha value is -2.02. The van der Waals surface area contributed by atoms with E-state index in [2.05, 4.69) is 15.5 Å². The van der Waals surface area contributed by atoms with Crippen molar-refractivity contribution >= 4 is 11.9 Å². The average molecular weight is 252 g/mol. The fourth-order valence-electron chi connectivity index (χ4n) is 1.41. The molecule has 98 valence electrons. The van der Waals surface area contributed by atoms with Gasteiger partial charge in [-0.1, -0.05) is 0 Å². The van der Waals surface area contributed by atoms with Crippen LogP contribution in [0.4, 0.5) is 0 Å². The third kappa shape index (κ3) is 3.49. The van der Waals surface area contributed by atoms with Crippen LogP contribution in [-0.2, 0) is 9.59 Å². The molecule has 0 aliphatic rings. The molecular formula is C11H16N4O3. The molecule has 1 aromatic rings. The number of carbonyl (C=O) groups excluding carboxylic acids is 1. The molecule has 0 saturated carbocycles. The van der Waals surface area contributed by atoms with E-state index < -0.39 is 23.8 Å². The van der Waals surface area contributed by atoms with Gasteiger partial charge in [-0.05, 0) is 25.5 Å². The first kappa shape index (κ1) is 14.0. The second kappa shape index (κ2) is 6.06. The van der Waals surface area contributed by atoms with E-state index in [1.807, 2.05) is 6.92 Å². The number of hydrogen-bond acceptors (Lipinski definition) is 5. The minimum Gasteiger partial charge on any atom is -0.481 e. The number of nitrogens with zero attached hydrogens (tertiary/aromatic N) is 2. The summed E-state index contributed by atoms with van der Waals surface area (Å²) in [4.78, 5) is 22.4. The molecular weight excluding hydrogens is 236 g/mol. The Morgan fingerprint density at radius 2 is 2.22 bits per heavy atom. The molecule has 2 unspecified atom stereocenters. The first-order chi connectivity index (χ1) is 8.45. The second-order valence-electron chi connectivity index (χ2n) is 4.01. The van der Waals surface area contributed by atoms with Gasteiger partial charge in [-0.2, -0.15) is 10.2 Å². The fourth-order valence-corrected chi connectivity index (χ4v) is 1.41. The van der Waals surface area contributed by atoms with Gasteiger partial charge in [-0.3, -0.25) is 9.59 Å². The van der Waals surface area contributed by atoms with E-state index in [1.165, 1.54) is 0 Å². The van der Waals surface area contributed by atoms with Gasteiger partial charge in [0.25, 0.3) is 0 Å².